The van der Waals surface area contributed by atoms with Crippen molar-refractivity contribution in [3.05, 3.63) is 60.9 Å². The molecule has 0 saturated carbocycles. The van der Waals surface area contributed by atoms with Crippen LogP contribution < -0.4 is 9.80 Å². The van der Waals surface area contributed by atoms with E-state index in [1.807, 2.05) is 31.3 Å². The summed E-state index contributed by atoms with van der Waals surface area (Å²) in [7, 11) is 1.87. The average Bonchev–Trinajstić information content (AvgIpc) is 2.73. The maximum Gasteiger partial charge on any atom is 0.231 e. The molecule has 1 amide bonds. The van der Waals surface area contributed by atoms with Crippen molar-refractivity contribution in [2.75, 3.05) is 29.9 Å². The van der Waals surface area contributed by atoms with Crippen molar-refractivity contribution < 1.29 is 4.79 Å². The molecule has 1 aliphatic heterocycles. The number of aromatic nitrogens is 2. The Balaban J connectivity index is 1.52. The summed E-state index contributed by atoms with van der Waals surface area (Å²) in [6, 6.07) is 16.2. The number of anilines is 2. The largest absolute Gasteiger partial charge is 0.340 e. The van der Waals surface area contributed by atoms with Crippen molar-refractivity contribution >= 4 is 28.3 Å². The van der Waals surface area contributed by atoms with Crippen molar-refractivity contribution in [2.24, 2.45) is 5.92 Å². The van der Waals surface area contributed by atoms with Crippen LogP contribution in [0.4, 0.5) is 11.6 Å². The second-order valence-electron chi connectivity index (χ2n) is 6.76. The monoisotopic (exact) mass is 346 g/mol. The van der Waals surface area contributed by atoms with Crippen molar-refractivity contribution in [2.45, 2.75) is 12.8 Å². The quantitative estimate of drug-likeness (QED) is 0.728. The van der Waals surface area contributed by atoms with Gasteiger partial charge in [0, 0.05) is 38.2 Å². The molecular weight excluding hydrogens is 324 g/mol. The van der Waals surface area contributed by atoms with Crippen LogP contribution in [0.3, 0.4) is 0 Å². The van der Waals surface area contributed by atoms with Gasteiger partial charge in [0.2, 0.25) is 11.9 Å². The van der Waals surface area contributed by atoms with E-state index in [1.54, 1.807) is 17.3 Å². The standard InChI is InChI=1S/C21H22N4O/c1-24(19-10-9-16-6-2-3-7-17(16)14-19)20(26)18-8-4-13-25(15-18)21-22-11-5-12-23-21/h2-3,5-7,9-12,14,18H,4,8,13,15H2,1H3. The van der Waals surface area contributed by atoms with E-state index in [9.17, 15) is 4.79 Å². The summed E-state index contributed by atoms with van der Waals surface area (Å²) in [4.78, 5) is 25.6. The van der Waals surface area contributed by atoms with E-state index >= 15 is 0 Å². The van der Waals surface area contributed by atoms with Crippen LogP contribution in [0.1, 0.15) is 12.8 Å². The summed E-state index contributed by atoms with van der Waals surface area (Å²) >= 11 is 0. The first kappa shape index (κ1) is 16.5. The summed E-state index contributed by atoms with van der Waals surface area (Å²) in [6.07, 6.45) is 5.37. The molecule has 1 fully saturated rings. The third-order valence-corrected chi connectivity index (χ3v) is 5.06. The van der Waals surface area contributed by atoms with Gasteiger partial charge in [-0.25, -0.2) is 9.97 Å². The number of piperidine rings is 1. The molecule has 2 aromatic carbocycles. The zero-order valence-electron chi connectivity index (χ0n) is 14.9. The Morgan fingerprint density at radius 1 is 1.08 bits per heavy atom. The van der Waals surface area contributed by atoms with Crippen LogP contribution >= 0.6 is 0 Å². The van der Waals surface area contributed by atoms with Crippen LogP contribution in [0.2, 0.25) is 0 Å². The molecule has 2 heterocycles. The van der Waals surface area contributed by atoms with Gasteiger partial charge in [0.1, 0.15) is 0 Å². The van der Waals surface area contributed by atoms with Gasteiger partial charge >= 0.3 is 0 Å². The third kappa shape index (κ3) is 3.25. The van der Waals surface area contributed by atoms with Gasteiger partial charge in [0.25, 0.3) is 0 Å². The molecule has 0 radical (unpaired) electrons. The van der Waals surface area contributed by atoms with E-state index in [2.05, 4.69) is 39.1 Å². The summed E-state index contributed by atoms with van der Waals surface area (Å²) in [5.74, 6) is 0.822. The number of hydrogen-bond donors (Lipinski definition) is 0. The first-order chi connectivity index (χ1) is 12.7. The molecule has 0 N–H and O–H groups in total. The maximum absolute atomic E-state index is 13.1. The number of carbonyl (C=O) groups is 1. The SMILES string of the molecule is CN(C(=O)C1CCCN(c2ncccn2)C1)c1ccc2ccccc2c1. The molecule has 1 aliphatic rings. The second kappa shape index (κ2) is 7.12. The first-order valence-electron chi connectivity index (χ1n) is 9.01. The fourth-order valence-electron chi connectivity index (χ4n) is 3.60. The molecule has 0 bridgehead atoms. The summed E-state index contributed by atoms with van der Waals surface area (Å²) in [5.41, 5.74) is 0.932. The van der Waals surface area contributed by atoms with Gasteiger partial charge in [-0.05, 0) is 41.8 Å². The van der Waals surface area contributed by atoms with E-state index in [4.69, 9.17) is 0 Å². The number of benzene rings is 2. The molecule has 26 heavy (non-hydrogen) atoms. The first-order valence-corrected chi connectivity index (χ1v) is 9.01. The third-order valence-electron chi connectivity index (χ3n) is 5.06. The highest BCUT2D eigenvalue weighted by Crippen LogP contribution is 2.26. The van der Waals surface area contributed by atoms with Gasteiger partial charge in [-0.3, -0.25) is 4.79 Å². The molecule has 3 aromatic rings. The van der Waals surface area contributed by atoms with E-state index in [0.717, 1.165) is 30.5 Å². The average molecular weight is 346 g/mol. The highest BCUT2D eigenvalue weighted by atomic mass is 16.2. The lowest BCUT2D eigenvalue weighted by molar-refractivity contribution is -0.122. The molecule has 5 heteroatoms. The van der Waals surface area contributed by atoms with E-state index < -0.39 is 0 Å². The highest BCUT2D eigenvalue weighted by Gasteiger charge is 2.29. The van der Waals surface area contributed by atoms with Crippen molar-refractivity contribution in [1.29, 1.82) is 0 Å². The number of amides is 1. The Morgan fingerprint density at radius 3 is 2.65 bits per heavy atom. The topological polar surface area (TPSA) is 49.3 Å². The number of hydrogen-bond acceptors (Lipinski definition) is 4. The van der Waals surface area contributed by atoms with E-state index in [-0.39, 0.29) is 11.8 Å². The lowest BCUT2D eigenvalue weighted by atomic mass is 9.96. The van der Waals surface area contributed by atoms with E-state index in [1.165, 1.54) is 5.39 Å². The smallest absolute Gasteiger partial charge is 0.231 e. The fraction of sp³-hybridized carbons (Fsp3) is 0.286. The number of carbonyl (C=O) groups excluding carboxylic acids is 1. The van der Waals surface area contributed by atoms with Gasteiger partial charge in [-0.2, -0.15) is 0 Å². The number of rotatable bonds is 3. The molecule has 4 rings (SSSR count). The Kier molecular flexibility index (Phi) is 4.52. The fourth-order valence-corrected chi connectivity index (χ4v) is 3.60. The van der Waals surface area contributed by atoms with Crippen LogP contribution in [0, 0.1) is 5.92 Å². The lowest BCUT2D eigenvalue weighted by Gasteiger charge is -2.34. The molecule has 1 atom stereocenters. The molecule has 132 valence electrons. The Hall–Kier alpha value is -2.95. The van der Waals surface area contributed by atoms with Gasteiger partial charge in [-0.15, -0.1) is 0 Å². The maximum atomic E-state index is 13.1. The normalized spacial score (nSPS) is 17.3. The van der Waals surface area contributed by atoms with Crippen molar-refractivity contribution in [1.82, 2.24) is 9.97 Å². The predicted octanol–water partition coefficient (Wildman–Crippen LogP) is 3.51. The zero-order chi connectivity index (χ0) is 17.9. The zero-order valence-corrected chi connectivity index (χ0v) is 14.9. The van der Waals surface area contributed by atoms with Gasteiger partial charge in [-0.1, -0.05) is 30.3 Å². The van der Waals surface area contributed by atoms with Crippen molar-refractivity contribution in [3.8, 4) is 0 Å². The molecule has 0 spiro atoms. The molecule has 1 aromatic heterocycles. The predicted molar refractivity (Wildman–Crippen MR) is 104 cm³/mol. The van der Waals surface area contributed by atoms with Gasteiger partial charge < -0.3 is 9.80 Å². The minimum absolute atomic E-state index is 0.0379. The summed E-state index contributed by atoms with van der Waals surface area (Å²) in [6.45, 7) is 1.56. The Bertz CT molecular complexity index is 912. The summed E-state index contributed by atoms with van der Waals surface area (Å²) in [5, 5.41) is 2.33. The van der Waals surface area contributed by atoms with Crippen LogP contribution in [0.5, 0.6) is 0 Å². The van der Waals surface area contributed by atoms with Crippen LogP contribution in [-0.2, 0) is 4.79 Å². The minimum Gasteiger partial charge on any atom is -0.340 e. The molecule has 0 aliphatic carbocycles. The molecular formula is C21H22N4O. The number of nitrogens with zero attached hydrogens (tertiary/aromatic N) is 4. The van der Waals surface area contributed by atoms with E-state index in [0.29, 0.717) is 12.5 Å². The Labute approximate surface area is 153 Å². The molecule has 1 unspecified atom stereocenters. The van der Waals surface area contributed by atoms with Gasteiger partial charge in [0.05, 0.1) is 5.92 Å². The summed E-state index contributed by atoms with van der Waals surface area (Å²) < 4.78 is 0. The van der Waals surface area contributed by atoms with Crippen LogP contribution in [0.25, 0.3) is 10.8 Å². The molecule has 5 nitrogen and oxygen atoms in total. The highest BCUT2D eigenvalue weighted by molar-refractivity contribution is 5.97. The Morgan fingerprint density at radius 2 is 1.85 bits per heavy atom. The lowest BCUT2D eigenvalue weighted by Crippen LogP contribution is -2.44. The van der Waals surface area contributed by atoms with Crippen LogP contribution in [0.15, 0.2) is 60.9 Å². The van der Waals surface area contributed by atoms with Gasteiger partial charge in [0.15, 0.2) is 0 Å². The molecule has 1 saturated heterocycles. The minimum atomic E-state index is -0.0379. The number of fused-ring (bicyclic) bond motifs is 1. The van der Waals surface area contributed by atoms with Crippen LogP contribution in [-0.4, -0.2) is 36.0 Å². The second-order valence-corrected chi connectivity index (χ2v) is 6.76. The van der Waals surface area contributed by atoms with Crippen molar-refractivity contribution in [3.63, 3.8) is 0 Å².